The summed E-state index contributed by atoms with van der Waals surface area (Å²) in [6.07, 6.45) is 73.0. The number of hydrogen-bond donors (Lipinski definition) is 2. The van der Waals surface area contributed by atoms with Crippen LogP contribution in [0.25, 0.3) is 0 Å². The van der Waals surface area contributed by atoms with Crippen LogP contribution in [-0.4, -0.2) is 66.5 Å². The van der Waals surface area contributed by atoms with Crippen LogP contribution in [0.1, 0.15) is 329 Å². The van der Waals surface area contributed by atoms with Gasteiger partial charge >= 0.3 is 25.7 Å². The standard InChI is InChI=1S/C70H127O11P/c1-4-7-10-13-16-19-22-25-28-31-33-36-38-41-44-47-50-53-56-59-68(72)77-63-67(81-70(74)61-58-55-52-49-46-43-40-37-34-32-29-26-23-20-17-14-11-8-5-2)65-79-82(75,76)78-64-66(62-71)80-69(73)60-57-54-51-48-45-42-39-35-30-27-24-21-18-15-12-9-6-3/h16-17,19-20,25-26,28-29,33,36,66-67,71H,4-15,18,21-24,27,30-32,34-35,37-65H2,1-3H3,(H,75,76)/b19-16-,20-17-,28-25-,29-26-,36-33-. The van der Waals surface area contributed by atoms with Crippen molar-refractivity contribution in [3.8, 4) is 0 Å². The van der Waals surface area contributed by atoms with Gasteiger partial charge in [-0.3, -0.25) is 23.4 Å². The zero-order chi connectivity index (χ0) is 59.8. The molecule has 0 aliphatic rings. The molecule has 0 rings (SSSR count). The smallest absolute Gasteiger partial charge is 0.462 e. The molecule has 11 nitrogen and oxygen atoms in total. The van der Waals surface area contributed by atoms with E-state index in [1.165, 1.54) is 167 Å². The second-order valence-corrected chi connectivity index (χ2v) is 24.4. The third-order valence-electron chi connectivity index (χ3n) is 14.9. The SMILES string of the molecule is CCCCC/C=C\C/C=C\C/C=C\CCCCCCCCC(=O)OCC(COP(=O)(O)OCC(CO)OC(=O)CCCCCCCCCCCCCCCCCCC)OC(=O)CCCCCCCCCCC/C=C\C/C=C\CCCCC. The number of carbonyl (C=O) groups excluding carboxylic acids is 3. The van der Waals surface area contributed by atoms with E-state index in [0.717, 1.165) is 103 Å². The first-order valence-corrected chi connectivity index (χ1v) is 35.7. The van der Waals surface area contributed by atoms with Crippen molar-refractivity contribution in [3.63, 3.8) is 0 Å². The third-order valence-corrected chi connectivity index (χ3v) is 15.9. The number of phosphoric acid groups is 1. The average Bonchev–Trinajstić information content (AvgIpc) is 3.47. The summed E-state index contributed by atoms with van der Waals surface area (Å²) in [5.74, 6) is -1.46. The van der Waals surface area contributed by atoms with Crippen molar-refractivity contribution in [2.45, 2.75) is 341 Å². The minimum Gasteiger partial charge on any atom is -0.462 e. The molecule has 0 amide bonds. The summed E-state index contributed by atoms with van der Waals surface area (Å²) in [6.45, 7) is 4.65. The fraction of sp³-hybridized carbons (Fsp3) is 0.814. The number of allylic oxidation sites excluding steroid dienone is 10. The minimum absolute atomic E-state index is 0.161. The van der Waals surface area contributed by atoms with Crippen molar-refractivity contribution < 1.29 is 52.2 Å². The zero-order valence-electron chi connectivity index (χ0n) is 53.2. The maximum atomic E-state index is 13.0. The number of unbranched alkanes of at least 4 members (excludes halogenated alkanes) is 37. The van der Waals surface area contributed by atoms with Gasteiger partial charge in [0, 0.05) is 19.3 Å². The van der Waals surface area contributed by atoms with Crippen LogP contribution < -0.4 is 0 Å². The van der Waals surface area contributed by atoms with Crippen LogP contribution >= 0.6 is 7.82 Å². The first kappa shape index (κ1) is 79.2. The molecule has 3 unspecified atom stereocenters. The molecule has 0 heterocycles. The molecule has 2 N–H and O–H groups in total. The van der Waals surface area contributed by atoms with E-state index in [2.05, 4.69) is 81.5 Å². The van der Waals surface area contributed by atoms with E-state index in [9.17, 15) is 28.9 Å². The van der Waals surface area contributed by atoms with Crippen molar-refractivity contribution in [1.29, 1.82) is 0 Å². The normalized spacial score (nSPS) is 13.6. The number of aliphatic hydroxyl groups excluding tert-OH is 1. The van der Waals surface area contributed by atoms with Crippen LogP contribution in [0.15, 0.2) is 60.8 Å². The molecule has 82 heavy (non-hydrogen) atoms. The molecular formula is C70H127O11P. The molecular weight excluding hydrogens is 1050 g/mol. The van der Waals surface area contributed by atoms with Crippen LogP contribution in [0.5, 0.6) is 0 Å². The summed E-state index contributed by atoms with van der Waals surface area (Å²) < 4.78 is 39.8. The highest BCUT2D eigenvalue weighted by molar-refractivity contribution is 7.47. The monoisotopic (exact) mass is 1170 g/mol. The Hall–Kier alpha value is -2.82. The Morgan fingerprint density at radius 2 is 0.598 bits per heavy atom. The van der Waals surface area contributed by atoms with Gasteiger partial charge < -0.3 is 24.2 Å². The fourth-order valence-electron chi connectivity index (χ4n) is 9.69. The molecule has 0 aromatic rings. The summed E-state index contributed by atoms with van der Waals surface area (Å²) in [4.78, 5) is 48.9. The molecule has 0 spiro atoms. The van der Waals surface area contributed by atoms with E-state index in [1.54, 1.807) is 0 Å². The number of ether oxygens (including phenoxy) is 3. The molecule has 0 aliphatic carbocycles. The second kappa shape index (κ2) is 64.2. The lowest BCUT2D eigenvalue weighted by molar-refractivity contribution is -0.161. The number of aliphatic hydroxyl groups is 1. The Kier molecular flexibility index (Phi) is 62.0. The number of hydrogen-bond acceptors (Lipinski definition) is 10. The van der Waals surface area contributed by atoms with E-state index in [4.69, 9.17) is 23.3 Å². The highest BCUT2D eigenvalue weighted by Crippen LogP contribution is 2.43. The van der Waals surface area contributed by atoms with E-state index in [0.29, 0.717) is 19.3 Å². The Bertz CT molecular complexity index is 1610. The van der Waals surface area contributed by atoms with Crippen molar-refractivity contribution in [1.82, 2.24) is 0 Å². The van der Waals surface area contributed by atoms with Gasteiger partial charge in [-0.1, -0.05) is 281 Å². The Balaban J connectivity index is 4.69. The topological polar surface area (TPSA) is 155 Å². The van der Waals surface area contributed by atoms with Crippen molar-refractivity contribution in [2.75, 3.05) is 26.4 Å². The summed E-state index contributed by atoms with van der Waals surface area (Å²) in [5.41, 5.74) is 0. The van der Waals surface area contributed by atoms with Crippen LogP contribution in [0.3, 0.4) is 0 Å². The van der Waals surface area contributed by atoms with E-state index in [-0.39, 0.29) is 25.9 Å². The molecule has 0 saturated carbocycles. The fourth-order valence-corrected chi connectivity index (χ4v) is 10.5. The Labute approximate surface area is 504 Å². The number of carbonyl (C=O) groups is 3. The van der Waals surface area contributed by atoms with Gasteiger partial charge in [-0.2, -0.15) is 0 Å². The number of phosphoric ester groups is 1. The van der Waals surface area contributed by atoms with Crippen molar-refractivity contribution in [3.05, 3.63) is 60.8 Å². The summed E-state index contributed by atoms with van der Waals surface area (Å²) >= 11 is 0. The predicted octanol–water partition coefficient (Wildman–Crippen LogP) is 21.0. The molecule has 478 valence electrons. The van der Waals surface area contributed by atoms with Crippen molar-refractivity contribution in [2.24, 2.45) is 0 Å². The summed E-state index contributed by atoms with van der Waals surface area (Å²) in [6, 6.07) is 0. The lowest BCUT2D eigenvalue weighted by Crippen LogP contribution is -2.30. The quantitative estimate of drug-likeness (QED) is 0.0197. The van der Waals surface area contributed by atoms with Gasteiger partial charge in [-0.15, -0.1) is 0 Å². The zero-order valence-corrected chi connectivity index (χ0v) is 54.1. The maximum Gasteiger partial charge on any atom is 0.472 e. The lowest BCUT2D eigenvalue weighted by Gasteiger charge is -2.21. The molecule has 0 aromatic heterocycles. The largest absolute Gasteiger partial charge is 0.472 e. The second-order valence-electron chi connectivity index (χ2n) is 23.0. The van der Waals surface area contributed by atoms with Gasteiger partial charge in [-0.25, -0.2) is 4.57 Å². The van der Waals surface area contributed by atoms with Crippen LogP contribution in [0.4, 0.5) is 0 Å². The van der Waals surface area contributed by atoms with Gasteiger partial charge in [-0.05, 0) is 89.9 Å². The van der Waals surface area contributed by atoms with E-state index >= 15 is 0 Å². The minimum atomic E-state index is -4.76. The highest BCUT2D eigenvalue weighted by atomic mass is 31.2. The van der Waals surface area contributed by atoms with Crippen LogP contribution in [-0.2, 0) is 42.2 Å². The van der Waals surface area contributed by atoms with Gasteiger partial charge in [0.15, 0.2) is 6.10 Å². The molecule has 0 aliphatic heterocycles. The van der Waals surface area contributed by atoms with Gasteiger partial charge in [0.05, 0.1) is 19.8 Å². The summed E-state index contributed by atoms with van der Waals surface area (Å²) in [7, 11) is -4.76. The molecule has 3 atom stereocenters. The Morgan fingerprint density at radius 3 is 0.939 bits per heavy atom. The van der Waals surface area contributed by atoms with Gasteiger partial charge in [0.2, 0.25) is 0 Å². The molecule has 0 bridgehead atoms. The molecule has 0 saturated heterocycles. The van der Waals surface area contributed by atoms with Crippen LogP contribution in [0.2, 0.25) is 0 Å². The maximum absolute atomic E-state index is 13.0. The number of rotatable bonds is 64. The Morgan fingerprint density at radius 1 is 0.341 bits per heavy atom. The molecule has 12 heteroatoms. The van der Waals surface area contributed by atoms with Gasteiger partial charge in [0.25, 0.3) is 0 Å². The third kappa shape index (κ3) is 61.7. The van der Waals surface area contributed by atoms with Crippen molar-refractivity contribution >= 4 is 25.7 Å². The molecule has 0 radical (unpaired) electrons. The lowest BCUT2D eigenvalue weighted by atomic mass is 10.0. The first-order chi connectivity index (χ1) is 40.2. The first-order valence-electron chi connectivity index (χ1n) is 34.2. The molecule has 0 fully saturated rings. The van der Waals surface area contributed by atoms with Gasteiger partial charge in [0.1, 0.15) is 12.7 Å². The predicted molar refractivity (Wildman–Crippen MR) is 344 cm³/mol. The number of esters is 3. The van der Waals surface area contributed by atoms with E-state index < -0.39 is 57.8 Å². The molecule has 0 aromatic carbocycles. The van der Waals surface area contributed by atoms with Crippen LogP contribution in [0, 0.1) is 0 Å². The summed E-state index contributed by atoms with van der Waals surface area (Å²) in [5, 5.41) is 9.87. The average molecular weight is 1180 g/mol. The van der Waals surface area contributed by atoms with E-state index in [1.807, 2.05) is 0 Å². The highest BCUT2D eigenvalue weighted by Gasteiger charge is 2.28.